The van der Waals surface area contributed by atoms with Gasteiger partial charge in [0.05, 0.1) is 6.61 Å². The number of ether oxygens (including phenoxy) is 1. The van der Waals surface area contributed by atoms with E-state index in [1.165, 1.54) is 0 Å². The highest BCUT2D eigenvalue weighted by molar-refractivity contribution is 7.85. The summed E-state index contributed by atoms with van der Waals surface area (Å²) in [5, 5.41) is 0. The summed E-state index contributed by atoms with van der Waals surface area (Å²) < 4.78 is 92.9. The topological polar surface area (TPSA) is 63.6 Å². The molecule has 1 N–H and O–H groups in total. The van der Waals surface area contributed by atoms with Crippen LogP contribution in [-0.4, -0.2) is 19.6 Å². The van der Waals surface area contributed by atoms with Crippen molar-refractivity contribution >= 4 is 10.1 Å². The highest BCUT2D eigenvalue weighted by atomic mass is 32.2. The third-order valence-corrected chi connectivity index (χ3v) is 6.72. The maximum Gasteiger partial charge on any atom is 0.300 e. The van der Waals surface area contributed by atoms with Gasteiger partial charge in [0, 0.05) is 0 Å². The summed E-state index contributed by atoms with van der Waals surface area (Å²) in [6, 6.07) is 0. The van der Waals surface area contributed by atoms with Crippen LogP contribution >= 0.6 is 0 Å². The van der Waals surface area contributed by atoms with Crippen LogP contribution in [0.5, 0.6) is 5.75 Å². The number of hydrogen-bond donors (Lipinski definition) is 1. The van der Waals surface area contributed by atoms with Crippen molar-refractivity contribution in [3.05, 3.63) is 23.3 Å². The van der Waals surface area contributed by atoms with Crippen molar-refractivity contribution in [3.8, 4) is 5.75 Å². The maximum atomic E-state index is 14.3. The van der Waals surface area contributed by atoms with Crippen LogP contribution in [0.15, 0.2) is 4.90 Å². The Morgan fingerprint density at radius 2 is 1.29 bits per heavy atom. The predicted molar refractivity (Wildman–Crippen MR) is 112 cm³/mol. The predicted octanol–water partition coefficient (Wildman–Crippen LogP) is 6.92. The Morgan fingerprint density at radius 1 is 0.806 bits per heavy atom. The second kappa shape index (κ2) is 12.6. The Labute approximate surface area is 183 Å². The molecule has 3 atom stereocenters. The molecule has 0 spiro atoms. The fraction of sp³-hybridized carbons (Fsp3) is 0.727. The summed E-state index contributed by atoms with van der Waals surface area (Å²) in [6.45, 7) is 8.04. The first-order valence-electron chi connectivity index (χ1n) is 10.9. The van der Waals surface area contributed by atoms with E-state index in [0.717, 1.165) is 51.4 Å². The van der Waals surface area contributed by atoms with E-state index >= 15 is 0 Å². The second-order valence-electron chi connectivity index (χ2n) is 8.31. The Kier molecular flexibility index (Phi) is 11.3. The first-order chi connectivity index (χ1) is 14.5. The van der Waals surface area contributed by atoms with E-state index in [0.29, 0.717) is 0 Å². The lowest BCUT2D eigenvalue weighted by atomic mass is 9.79. The molecule has 0 aliphatic heterocycles. The van der Waals surface area contributed by atoms with Crippen molar-refractivity contribution in [2.75, 3.05) is 6.61 Å². The molecule has 31 heavy (non-hydrogen) atoms. The first-order valence-corrected chi connectivity index (χ1v) is 12.4. The van der Waals surface area contributed by atoms with Crippen molar-refractivity contribution < 1.29 is 35.3 Å². The zero-order valence-electron chi connectivity index (χ0n) is 18.7. The molecule has 0 heterocycles. The SMILES string of the molecule is CCCCCCC(C)C(COc1c(F)c(F)c(S(=O)(=O)O)c(F)c1F)C(C)CCCC. The number of hydrogen-bond acceptors (Lipinski definition) is 3. The number of unbranched alkanes of at least 4 members (excludes halogenated alkanes) is 4. The molecule has 9 heteroatoms. The standard InChI is InChI=1S/C22H34F4O4S/c1-5-7-9-10-12-15(4)16(14(3)11-8-6-2)13-30-21-17(23)19(25)22(31(27,28)29)20(26)18(21)24/h14-16H,5-13H2,1-4H3,(H,27,28,29). The van der Waals surface area contributed by atoms with Gasteiger partial charge in [-0.25, -0.2) is 8.78 Å². The van der Waals surface area contributed by atoms with Gasteiger partial charge in [0.15, 0.2) is 22.3 Å². The summed E-state index contributed by atoms with van der Waals surface area (Å²) in [5.74, 6) is -9.50. The molecular weight excluding hydrogens is 436 g/mol. The summed E-state index contributed by atoms with van der Waals surface area (Å²) in [5.41, 5.74) is 0. The largest absolute Gasteiger partial charge is 0.487 e. The lowest BCUT2D eigenvalue weighted by Crippen LogP contribution is -2.27. The summed E-state index contributed by atoms with van der Waals surface area (Å²) in [4.78, 5) is -2.06. The average Bonchev–Trinajstić information content (AvgIpc) is 2.69. The molecule has 0 aliphatic carbocycles. The molecule has 3 unspecified atom stereocenters. The Bertz CT molecular complexity index is 785. The van der Waals surface area contributed by atoms with Gasteiger partial charge in [0.25, 0.3) is 0 Å². The zero-order chi connectivity index (χ0) is 23.8. The van der Waals surface area contributed by atoms with Crippen LogP contribution in [0.1, 0.15) is 79.1 Å². The van der Waals surface area contributed by atoms with Crippen molar-refractivity contribution in [2.45, 2.75) is 84.0 Å². The minimum absolute atomic E-state index is 0.112. The number of rotatable bonds is 14. The van der Waals surface area contributed by atoms with Crippen molar-refractivity contribution in [1.82, 2.24) is 0 Å². The maximum absolute atomic E-state index is 14.3. The molecule has 180 valence electrons. The van der Waals surface area contributed by atoms with Gasteiger partial charge in [-0.1, -0.05) is 79.1 Å². The molecular formula is C22H34F4O4S. The summed E-state index contributed by atoms with van der Waals surface area (Å²) in [7, 11) is -5.50. The first kappa shape index (κ1) is 27.7. The zero-order valence-corrected chi connectivity index (χ0v) is 19.5. The van der Waals surface area contributed by atoms with E-state index in [2.05, 4.69) is 13.8 Å². The van der Waals surface area contributed by atoms with Crippen LogP contribution in [0.4, 0.5) is 17.6 Å². The molecule has 0 saturated heterocycles. The van der Waals surface area contributed by atoms with Crippen LogP contribution in [0.2, 0.25) is 0 Å². The minimum Gasteiger partial charge on any atom is -0.487 e. The molecule has 0 radical (unpaired) electrons. The monoisotopic (exact) mass is 470 g/mol. The second-order valence-corrected chi connectivity index (χ2v) is 9.67. The van der Waals surface area contributed by atoms with Gasteiger partial charge >= 0.3 is 10.1 Å². The van der Waals surface area contributed by atoms with Crippen LogP contribution in [-0.2, 0) is 10.1 Å². The average molecular weight is 471 g/mol. The van der Waals surface area contributed by atoms with Crippen LogP contribution in [0.3, 0.4) is 0 Å². The van der Waals surface area contributed by atoms with Gasteiger partial charge in [0.1, 0.15) is 0 Å². The van der Waals surface area contributed by atoms with Crippen molar-refractivity contribution in [3.63, 3.8) is 0 Å². The lowest BCUT2D eigenvalue weighted by Gasteiger charge is -2.30. The van der Waals surface area contributed by atoms with Crippen LogP contribution < -0.4 is 4.74 Å². The van der Waals surface area contributed by atoms with E-state index in [9.17, 15) is 26.0 Å². The summed E-state index contributed by atoms with van der Waals surface area (Å²) in [6.07, 6.45) is 8.01. The van der Waals surface area contributed by atoms with Gasteiger partial charge in [-0.3, -0.25) is 4.55 Å². The van der Waals surface area contributed by atoms with Crippen molar-refractivity contribution in [2.24, 2.45) is 17.8 Å². The third kappa shape index (κ3) is 7.63. The highest BCUT2D eigenvalue weighted by Crippen LogP contribution is 2.35. The third-order valence-electron chi connectivity index (χ3n) is 5.85. The summed E-state index contributed by atoms with van der Waals surface area (Å²) >= 11 is 0. The van der Waals surface area contributed by atoms with Crippen LogP contribution in [0, 0.1) is 41.0 Å². The molecule has 4 nitrogen and oxygen atoms in total. The van der Waals surface area contributed by atoms with Gasteiger partial charge < -0.3 is 4.74 Å². The molecule has 1 aromatic carbocycles. The molecule has 0 fully saturated rings. The smallest absolute Gasteiger partial charge is 0.300 e. The van der Waals surface area contributed by atoms with E-state index in [1.54, 1.807) is 0 Å². The van der Waals surface area contributed by atoms with Gasteiger partial charge in [-0.2, -0.15) is 17.2 Å². The van der Waals surface area contributed by atoms with Gasteiger partial charge in [-0.05, 0) is 17.8 Å². The normalized spacial score (nSPS) is 15.0. The van der Waals surface area contributed by atoms with Gasteiger partial charge in [-0.15, -0.1) is 0 Å². The van der Waals surface area contributed by atoms with E-state index < -0.39 is 44.0 Å². The quantitative estimate of drug-likeness (QED) is 0.139. The molecule has 0 amide bonds. The van der Waals surface area contributed by atoms with Gasteiger partial charge in [0.2, 0.25) is 11.6 Å². The van der Waals surface area contributed by atoms with E-state index in [4.69, 9.17) is 9.29 Å². The Morgan fingerprint density at radius 3 is 1.74 bits per heavy atom. The van der Waals surface area contributed by atoms with Crippen LogP contribution in [0.25, 0.3) is 0 Å². The van der Waals surface area contributed by atoms with Crippen molar-refractivity contribution in [1.29, 1.82) is 0 Å². The molecule has 0 saturated carbocycles. The highest BCUT2D eigenvalue weighted by Gasteiger charge is 2.34. The van der Waals surface area contributed by atoms with E-state index in [1.807, 2.05) is 13.8 Å². The number of benzene rings is 1. The fourth-order valence-electron chi connectivity index (χ4n) is 3.86. The Balaban J connectivity index is 3.11. The molecule has 1 rings (SSSR count). The molecule has 0 aliphatic rings. The lowest BCUT2D eigenvalue weighted by molar-refractivity contribution is 0.128. The number of halogens is 4. The minimum atomic E-state index is -5.50. The molecule has 0 bridgehead atoms. The molecule has 1 aromatic rings. The van der Waals surface area contributed by atoms with E-state index in [-0.39, 0.29) is 24.4 Å². The fourth-order valence-corrected chi connectivity index (χ4v) is 4.49. The molecule has 0 aromatic heterocycles. The Hall–Kier alpha value is -1.35.